The van der Waals surface area contributed by atoms with Crippen molar-refractivity contribution in [3.8, 4) is 5.75 Å². The second-order valence-electron chi connectivity index (χ2n) is 7.59. The molecule has 0 saturated carbocycles. The minimum atomic E-state index is -4.33. The Labute approximate surface area is 166 Å². The van der Waals surface area contributed by atoms with Gasteiger partial charge in [0.25, 0.3) is 0 Å². The van der Waals surface area contributed by atoms with Crippen LogP contribution in [0.25, 0.3) is 0 Å². The van der Waals surface area contributed by atoms with Crippen LogP contribution in [0.1, 0.15) is 96.6 Å². The first-order chi connectivity index (χ1) is 12.8. The van der Waals surface area contributed by atoms with E-state index in [0.29, 0.717) is 5.75 Å². The highest BCUT2D eigenvalue weighted by atomic mass is 32.2. The van der Waals surface area contributed by atoms with Gasteiger partial charge in [-0.25, -0.2) is 0 Å². The molecule has 27 heavy (non-hydrogen) atoms. The topological polar surface area (TPSA) is 63.6 Å². The van der Waals surface area contributed by atoms with Gasteiger partial charge in [0.15, 0.2) is 0 Å². The largest absolute Gasteiger partial charge is 0.469 e. The van der Waals surface area contributed by atoms with E-state index in [1.165, 1.54) is 32.6 Å². The molecule has 5 heteroatoms. The molecule has 0 aliphatic heterocycles. The second kappa shape index (κ2) is 11.7. The standard InChI is InChI=1S/C22H38O4S/c1-5-8-10-12-15-19-17-14-18-20(16-13-11-9-6-2)21(19)26-22(4,7-3)27(23,24)25/h14,17-18H,5-13,15-16H2,1-4H3,(H,23,24,25). The molecule has 0 saturated heterocycles. The van der Waals surface area contributed by atoms with E-state index in [1.54, 1.807) is 6.92 Å². The van der Waals surface area contributed by atoms with Crippen molar-refractivity contribution in [3.05, 3.63) is 29.3 Å². The Morgan fingerprint density at radius 1 is 0.889 bits per heavy atom. The number of benzene rings is 1. The molecule has 0 bridgehead atoms. The zero-order chi connectivity index (χ0) is 20.3. The quantitative estimate of drug-likeness (QED) is 0.294. The van der Waals surface area contributed by atoms with Gasteiger partial charge in [-0.2, -0.15) is 8.42 Å². The monoisotopic (exact) mass is 398 g/mol. The molecule has 156 valence electrons. The van der Waals surface area contributed by atoms with Crippen LogP contribution in [0.4, 0.5) is 0 Å². The molecule has 0 amide bonds. The zero-order valence-electron chi connectivity index (χ0n) is 17.6. The highest BCUT2D eigenvalue weighted by molar-refractivity contribution is 7.87. The summed E-state index contributed by atoms with van der Waals surface area (Å²) in [5.41, 5.74) is 2.09. The molecule has 0 aliphatic carbocycles. The molecule has 1 aromatic rings. The number of rotatable bonds is 14. The van der Waals surface area contributed by atoms with E-state index in [2.05, 4.69) is 13.8 Å². The summed E-state index contributed by atoms with van der Waals surface area (Å²) in [6.45, 7) is 7.55. The molecule has 0 fully saturated rings. The predicted octanol–water partition coefficient (Wildman–Crippen LogP) is 6.33. The number of ether oxygens (including phenoxy) is 1. The van der Waals surface area contributed by atoms with Gasteiger partial charge in [0.05, 0.1) is 0 Å². The number of hydrogen-bond donors (Lipinski definition) is 1. The van der Waals surface area contributed by atoms with Crippen molar-refractivity contribution >= 4 is 10.1 Å². The minimum absolute atomic E-state index is 0.186. The molecule has 1 rings (SSSR count). The van der Waals surface area contributed by atoms with E-state index in [0.717, 1.165) is 49.7 Å². The van der Waals surface area contributed by atoms with Crippen LogP contribution in [0.3, 0.4) is 0 Å². The SMILES string of the molecule is CCCCCCc1cccc(CCCCCC)c1OC(C)(CC)S(=O)(=O)O. The maximum Gasteiger partial charge on any atom is 0.306 e. The van der Waals surface area contributed by atoms with Gasteiger partial charge in [-0.3, -0.25) is 4.55 Å². The normalized spacial score (nSPS) is 14.1. The van der Waals surface area contributed by atoms with Crippen LogP contribution in [0.2, 0.25) is 0 Å². The molecule has 1 N–H and O–H groups in total. The Morgan fingerprint density at radius 2 is 1.37 bits per heavy atom. The van der Waals surface area contributed by atoms with Gasteiger partial charge in [-0.05, 0) is 43.7 Å². The molecule has 0 aromatic heterocycles. The van der Waals surface area contributed by atoms with E-state index >= 15 is 0 Å². The summed E-state index contributed by atoms with van der Waals surface area (Å²) in [5, 5.41) is 0. The van der Waals surface area contributed by atoms with Gasteiger partial charge in [-0.15, -0.1) is 0 Å². The van der Waals surface area contributed by atoms with Crippen molar-refractivity contribution in [2.45, 2.75) is 103 Å². The highest BCUT2D eigenvalue weighted by Gasteiger charge is 2.39. The first-order valence-electron chi connectivity index (χ1n) is 10.6. The first-order valence-corrected chi connectivity index (χ1v) is 12.0. The summed E-state index contributed by atoms with van der Waals surface area (Å²) < 4.78 is 39.7. The van der Waals surface area contributed by atoms with Gasteiger partial charge in [-0.1, -0.05) is 77.5 Å². The van der Waals surface area contributed by atoms with Crippen LogP contribution < -0.4 is 4.74 Å². The fraction of sp³-hybridized carbons (Fsp3) is 0.727. The molecule has 0 spiro atoms. The Morgan fingerprint density at radius 3 is 1.74 bits per heavy atom. The van der Waals surface area contributed by atoms with Crippen molar-refractivity contribution in [2.24, 2.45) is 0 Å². The molecular formula is C22H38O4S. The van der Waals surface area contributed by atoms with Crippen LogP contribution in [0, 0.1) is 0 Å². The second-order valence-corrected chi connectivity index (χ2v) is 9.40. The molecule has 1 aromatic carbocycles. The smallest absolute Gasteiger partial charge is 0.306 e. The van der Waals surface area contributed by atoms with Crippen molar-refractivity contribution in [1.82, 2.24) is 0 Å². The van der Waals surface area contributed by atoms with Crippen LogP contribution in [0.5, 0.6) is 5.75 Å². The third-order valence-electron chi connectivity index (χ3n) is 5.28. The van der Waals surface area contributed by atoms with E-state index in [9.17, 15) is 13.0 Å². The van der Waals surface area contributed by atoms with Gasteiger partial charge in [0, 0.05) is 6.42 Å². The Hall–Kier alpha value is -1.07. The van der Waals surface area contributed by atoms with Crippen molar-refractivity contribution in [3.63, 3.8) is 0 Å². The van der Waals surface area contributed by atoms with Crippen molar-refractivity contribution in [1.29, 1.82) is 0 Å². The Balaban J connectivity index is 3.11. The molecule has 0 aliphatic rings. The van der Waals surface area contributed by atoms with Gasteiger partial charge in [0.1, 0.15) is 5.75 Å². The Bertz CT molecular complexity index is 624. The summed E-state index contributed by atoms with van der Waals surface area (Å²) in [6, 6.07) is 6.09. The molecule has 4 nitrogen and oxygen atoms in total. The maximum absolute atomic E-state index is 11.9. The lowest BCUT2D eigenvalue weighted by atomic mass is 9.98. The zero-order valence-corrected chi connectivity index (χ0v) is 18.4. The van der Waals surface area contributed by atoms with E-state index in [-0.39, 0.29) is 6.42 Å². The minimum Gasteiger partial charge on any atom is -0.469 e. The fourth-order valence-electron chi connectivity index (χ4n) is 3.17. The molecule has 1 atom stereocenters. The van der Waals surface area contributed by atoms with Crippen LogP contribution >= 0.6 is 0 Å². The lowest BCUT2D eigenvalue weighted by Crippen LogP contribution is -2.41. The third kappa shape index (κ3) is 7.46. The average molecular weight is 399 g/mol. The lowest BCUT2D eigenvalue weighted by Gasteiger charge is -2.29. The maximum atomic E-state index is 11.9. The number of unbranched alkanes of at least 4 members (excludes halogenated alkanes) is 6. The number of para-hydroxylation sites is 1. The lowest BCUT2D eigenvalue weighted by molar-refractivity contribution is 0.151. The molecule has 1 unspecified atom stereocenters. The van der Waals surface area contributed by atoms with E-state index in [1.807, 2.05) is 18.2 Å². The first kappa shape index (κ1) is 24.0. The van der Waals surface area contributed by atoms with E-state index in [4.69, 9.17) is 4.74 Å². The van der Waals surface area contributed by atoms with Gasteiger partial charge in [0.2, 0.25) is 4.93 Å². The van der Waals surface area contributed by atoms with Crippen LogP contribution in [0.15, 0.2) is 18.2 Å². The summed E-state index contributed by atoms with van der Waals surface area (Å²) in [4.78, 5) is -1.62. The number of aryl methyl sites for hydroxylation is 2. The van der Waals surface area contributed by atoms with Crippen molar-refractivity contribution < 1.29 is 17.7 Å². The summed E-state index contributed by atoms with van der Waals surface area (Å²) in [7, 11) is -4.33. The van der Waals surface area contributed by atoms with Crippen LogP contribution in [-0.2, 0) is 23.0 Å². The third-order valence-corrected chi connectivity index (χ3v) is 6.75. The molecule has 0 heterocycles. The average Bonchev–Trinajstić information content (AvgIpc) is 2.63. The van der Waals surface area contributed by atoms with Crippen molar-refractivity contribution in [2.75, 3.05) is 0 Å². The van der Waals surface area contributed by atoms with E-state index < -0.39 is 15.1 Å². The fourth-order valence-corrected chi connectivity index (χ4v) is 3.72. The van der Waals surface area contributed by atoms with Gasteiger partial charge < -0.3 is 4.74 Å². The van der Waals surface area contributed by atoms with Crippen LogP contribution in [-0.4, -0.2) is 17.9 Å². The molecule has 0 radical (unpaired) electrons. The number of hydrogen-bond acceptors (Lipinski definition) is 3. The van der Waals surface area contributed by atoms with Gasteiger partial charge >= 0.3 is 10.1 Å². The summed E-state index contributed by atoms with van der Waals surface area (Å²) in [5.74, 6) is 0.660. The predicted molar refractivity (Wildman–Crippen MR) is 113 cm³/mol. The Kier molecular flexibility index (Phi) is 10.4. The summed E-state index contributed by atoms with van der Waals surface area (Å²) >= 11 is 0. The molecular weight excluding hydrogens is 360 g/mol. The summed E-state index contributed by atoms with van der Waals surface area (Å²) in [6.07, 6.45) is 11.1. The highest BCUT2D eigenvalue weighted by Crippen LogP contribution is 2.34.